The summed E-state index contributed by atoms with van der Waals surface area (Å²) in [6.45, 7) is 1.07. The van der Waals surface area contributed by atoms with Crippen LogP contribution in [0.5, 0.6) is 0 Å². The highest BCUT2D eigenvalue weighted by atomic mass is 16.2. The van der Waals surface area contributed by atoms with Gasteiger partial charge in [-0.1, -0.05) is 18.2 Å². The van der Waals surface area contributed by atoms with Gasteiger partial charge < -0.3 is 15.5 Å². The molecule has 0 bridgehead atoms. The second kappa shape index (κ2) is 4.59. The van der Waals surface area contributed by atoms with Gasteiger partial charge in [-0.05, 0) is 30.9 Å². The molecule has 1 aliphatic carbocycles. The number of amides is 2. The number of piperazine rings is 1. The highest BCUT2D eigenvalue weighted by Gasteiger charge is 2.39. The number of rotatable bonds is 2. The Kier molecular flexibility index (Phi) is 3.01. The van der Waals surface area contributed by atoms with E-state index in [0.717, 1.165) is 30.5 Å². The van der Waals surface area contributed by atoms with Crippen molar-refractivity contribution >= 4 is 17.5 Å². The summed E-state index contributed by atoms with van der Waals surface area (Å²) in [5, 5.41) is 0. The van der Waals surface area contributed by atoms with Gasteiger partial charge >= 0.3 is 11.8 Å². The van der Waals surface area contributed by atoms with Gasteiger partial charge in [-0.3, -0.25) is 9.59 Å². The lowest BCUT2D eigenvalue weighted by Gasteiger charge is -2.42. The van der Waals surface area contributed by atoms with Crippen LogP contribution in [0.25, 0.3) is 0 Å². The molecule has 0 radical (unpaired) electrons. The van der Waals surface area contributed by atoms with Gasteiger partial charge in [0.1, 0.15) is 0 Å². The Balaban J connectivity index is 1.98. The van der Waals surface area contributed by atoms with E-state index in [2.05, 4.69) is 0 Å². The Morgan fingerprint density at radius 3 is 2.45 bits per heavy atom. The van der Waals surface area contributed by atoms with E-state index in [9.17, 15) is 9.59 Å². The second-order valence-electron chi connectivity index (χ2n) is 5.71. The summed E-state index contributed by atoms with van der Waals surface area (Å²) in [6.07, 6.45) is 2.97. The highest BCUT2D eigenvalue weighted by Crippen LogP contribution is 2.43. The topological polar surface area (TPSA) is 66.6 Å². The van der Waals surface area contributed by atoms with Crippen LogP contribution >= 0.6 is 0 Å². The number of benzene rings is 1. The Morgan fingerprint density at radius 2 is 1.80 bits per heavy atom. The highest BCUT2D eigenvalue weighted by molar-refractivity contribution is 6.41. The maximum absolute atomic E-state index is 12.2. The zero-order chi connectivity index (χ0) is 14.3. The molecule has 5 nitrogen and oxygen atoms in total. The van der Waals surface area contributed by atoms with Crippen molar-refractivity contribution in [3.63, 3.8) is 0 Å². The quantitative estimate of drug-likeness (QED) is 0.812. The number of anilines is 1. The Hall–Kier alpha value is -1.88. The molecule has 1 saturated carbocycles. The maximum Gasteiger partial charge on any atom is 0.316 e. The van der Waals surface area contributed by atoms with Gasteiger partial charge in [-0.25, -0.2) is 0 Å². The molecule has 0 atom stereocenters. The summed E-state index contributed by atoms with van der Waals surface area (Å²) in [6, 6.07) is 7.69. The van der Waals surface area contributed by atoms with E-state index in [0.29, 0.717) is 13.1 Å². The first-order valence-electron chi connectivity index (χ1n) is 6.98. The van der Waals surface area contributed by atoms with E-state index in [4.69, 9.17) is 5.73 Å². The van der Waals surface area contributed by atoms with Crippen molar-refractivity contribution in [2.24, 2.45) is 5.73 Å². The zero-order valence-corrected chi connectivity index (χ0v) is 11.6. The van der Waals surface area contributed by atoms with Gasteiger partial charge in [-0.2, -0.15) is 0 Å². The fourth-order valence-corrected chi connectivity index (χ4v) is 2.92. The third kappa shape index (κ3) is 1.89. The lowest BCUT2D eigenvalue weighted by molar-refractivity contribution is -0.145. The van der Waals surface area contributed by atoms with Crippen molar-refractivity contribution in [1.82, 2.24) is 4.90 Å². The van der Waals surface area contributed by atoms with Crippen LogP contribution in [0.15, 0.2) is 24.3 Å². The molecule has 1 heterocycles. The minimum atomic E-state index is -0.464. The monoisotopic (exact) mass is 273 g/mol. The smallest absolute Gasteiger partial charge is 0.316 e. The van der Waals surface area contributed by atoms with Gasteiger partial charge in [0.2, 0.25) is 0 Å². The number of carbonyl (C=O) groups is 2. The molecule has 106 valence electrons. The zero-order valence-electron chi connectivity index (χ0n) is 11.6. The van der Waals surface area contributed by atoms with Crippen molar-refractivity contribution in [2.45, 2.75) is 24.8 Å². The molecule has 3 rings (SSSR count). The van der Waals surface area contributed by atoms with Gasteiger partial charge in [0, 0.05) is 31.4 Å². The lowest BCUT2D eigenvalue weighted by atomic mass is 9.72. The summed E-state index contributed by atoms with van der Waals surface area (Å²) in [5.41, 5.74) is 7.84. The van der Waals surface area contributed by atoms with Crippen LogP contribution in [-0.4, -0.2) is 36.9 Å². The average molecular weight is 273 g/mol. The van der Waals surface area contributed by atoms with Crippen LogP contribution in [0.4, 0.5) is 5.69 Å². The number of nitrogens with two attached hydrogens (primary N) is 1. The lowest BCUT2D eigenvalue weighted by Crippen LogP contribution is -2.54. The molecule has 2 N–H and O–H groups in total. The predicted octanol–water partition coefficient (Wildman–Crippen LogP) is 0.830. The molecule has 1 aromatic carbocycles. The predicted molar refractivity (Wildman–Crippen MR) is 76.1 cm³/mol. The average Bonchev–Trinajstić information content (AvgIpc) is 2.43. The molecular formula is C15H19N3O2. The molecule has 2 aliphatic rings. The van der Waals surface area contributed by atoms with Gasteiger partial charge in [0.05, 0.1) is 0 Å². The van der Waals surface area contributed by atoms with E-state index < -0.39 is 11.8 Å². The van der Waals surface area contributed by atoms with Crippen molar-refractivity contribution in [3.8, 4) is 0 Å². The summed E-state index contributed by atoms with van der Waals surface area (Å²) in [5.74, 6) is -0.917. The van der Waals surface area contributed by atoms with Crippen molar-refractivity contribution in [2.75, 3.05) is 25.0 Å². The SMILES string of the molecule is CN1CCN(c2ccccc2C2(N)CCC2)C(=O)C1=O. The molecule has 1 aliphatic heterocycles. The van der Waals surface area contributed by atoms with E-state index in [1.54, 1.807) is 11.9 Å². The standard InChI is InChI=1S/C15H19N3O2/c1-17-9-10-18(14(20)13(17)19)12-6-3-2-5-11(12)15(16)7-4-8-15/h2-3,5-6H,4,7-10,16H2,1H3. The summed E-state index contributed by atoms with van der Waals surface area (Å²) < 4.78 is 0. The number of carbonyl (C=O) groups excluding carboxylic acids is 2. The van der Waals surface area contributed by atoms with Crippen LogP contribution < -0.4 is 10.6 Å². The minimum absolute atomic E-state index is 0.344. The first kappa shape index (κ1) is 13.1. The number of hydrogen-bond donors (Lipinski definition) is 1. The molecule has 0 aromatic heterocycles. The first-order valence-corrected chi connectivity index (χ1v) is 6.98. The maximum atomic E-state index is 12.2. The Labute approximate surface area is 118 Å². The van der Waals surface area contributed by atoms with Crippen LogP contribution in [0.2, 0.25) is 0 Å². The first-order chi connectivity index (χ1) is 9.53. The molecule has 1 aromatic rings. The van der Waals surface area contributed by atoms with Crippen molar-refractivity contribution in [1.29, 1.82) is 0 Å². The molecule has 2 fully saturated rings. The van der Waals surface area contributed by atoms with Gasteiger partial charge in [0.15, 0.2) is 0 Å². The number of likely N-dealkylation sites (N-methyl/N-ethyl adjacent to an activating group) is 1. The summed E-state index contributed by atoms with van der Waals surface area (Å²) in [4.78, 5) is 27.1. The fourth-order valence-electron chi connectivity index (χ4n) is 2.92. The minimum Gasteiger partial charge on any atom is -0.336 e. The Bertz CT molecular complexity index is 566. The molecule has 1 saturated heterocycles. The van der Waals surface area contributed by atoms with Gasteiger partial charge in [-0.15, -0.1) is 0 Å². The molecule has 0 unspecified atom stereocenters. The second-order valence-corrected chi connectivity index (χ2v) is 5.71. The van der Waals surface area contributed by atoms with E-state index >= 15 is 0 Å². The summed E-state index contributed by atoms with van der Waals surface area (Å²) in [7, 11) is 1.65. The van der Waals surface area contributed by atoms with Crippen LogP contribution in [0, 0.1) is 0 Å². The summed E-state index contributed by atoms with van der Waals surface area (Å²) >= 11 is 0. The fraction of sp³-hybridized carbons (Fsp3) is 0.467. The van der Waals surface area contributed by atoms with Crippen molar-refractivity contribution in [3.05, 3.63) is 29.8 Å². The number of para-hydroxylation sites is 1. The van der Waals surface area contributed by atoms with E-state index in [1.165, 1.54) is 4.90 Å². The molecule has 5 heteroatoms. The number of nitrogens with zero attached hydrogens (tertiary/aromatic N) is 2. The molecule has 0 spiro atoms. The van der Waals surface area contributed by atoms with Gasteiger partial charge in [0.25, 0.3) is 0 Å². The largest absolute Gasteiger partial charge is 0.336 e. The van der Waals surface area contributed by atoms with Crippen LogP contribution in [0.3, 0.4) is 0 Å². The van der Waals surface area contributed by atoms with Crippen LogP contribution in [-0.2, 0) is 15.1 Å². The number of hydrogen-bond acceptors (Lipinski definition) is 3. The molecule has 2 amide bonds. The molecular weight excluding hydrogens is 254 g/mol. The third-order valence-corrected chi connectivity index (χ3v) is 4.41. The molecule has 20 heavy (non-hydrogen) atoms. The van der Waals surface area contributed by atoms with E-state index in [1.807, 2.05) is 24.3 Å². The normalized spacial score (nSPS) is 21.9. The van der Waals surface area contributed by atoms with Crippen molar-refractivity contribution < 1.29 is 9.59 Å². The van der Waals surface area contributed by atoms with E-state index in [-0.39, 0.29) is 5.54 Å². The third-order valence-electron chi connectivity index (χ3n) is 4.41. The Morgan fingerprint density at radius 1 is 1.10 bits per heavy atom. The van der Waals surface area contributed by atoms with Crippen LogP contribution in [0.1, 0.15) is 24.8 Å².